The summed E-state index contributed by atoms with van der Waals surface area (Å²) in [6, 6.07) is 9.41. The van der Waals surface area contributed by atoms with Gasteiger partial charge >= 0.3 is 0 Å². The molecule has 1 heteroatoms. The van der Waals surface area contributed by atoms with Crippen LogP contribution in [0.15, 0.2) is 24.3 Å². The molecule has 1 saturated carbocycles. The fraction of sp³-hybridized carbons (Fsp3) is 0.667. The Kier molecular flexibility index (Phi) is 5.50. The monoisotopic (exact) mass is 322 g/mol. The largest absolute Gasteiger partial charge is 0.0853 e. The molecule has 1 aliphatic carbocycles. The van der Waals surface area contributed by atoms with Gasteiger partial charge in [-0.2, -0.15) is 0 Å². The van der Waals surface area contributed by atoms with Crippen LogP contribution >= 0.6 is 15.9 Å². The van der Waals surface area contributed by atoms with E-state index >= 15 is 0 Å². The number of rotatable bonds is 5. The fourth-order valence-corrected chi connectivity index (χ4v) is 4.27. The van der Waals surface area contributed by atoms with Gasteiger partial charge in [-0.05, 0) is 55.6 Å². The number of benzene rings is 1. The van der Waals surface area contributed by atoms with Gasteiger partial charge < -0.3 is 0 Å². The Balaban J connectivity index is 1.93. The van der Waals surface area contributed by atoms with Crippen molar-refractivity contribution in [1.29, 1.82) is 0 Å². The van der Waals surface area contributed by atoms with Crippen molar-refractivity contribution in [2.45, 2.75) is 75.5 Å². The van der Waals surface area contributed by atoms with Crippen LogP contribution in [0.1, 0.15) is 75.8 Å². The summed E-state index contributed by atoms with van der Waals surface area (Å²) in [5, 5.41) is 0. The molecule has 0 aliphatic heterocycles. The molecule has 0 saturated heterocycles. The Labute approximate surface area is 127 Å². The first kappa shape index (κ1) is 15.1. The van der Waals surface area contributed by atoms with E-state index in [0.29, 0.717) is 4.32 Å². The number of hydrogen-bond acceptors (Lipinski definition) is 0. The third-order valence-corrected chi connectivity index (χ3v) is 5.76. The van der Waals surface area contributed by atoms with Crippen LogP contribution in [0.3, 0.4) is 0 Å². The minimum absolute atomic E-state index is 0.445. The Hall–Kier alpha value is -0.300. The second-order valence-corrected chi connectivity index (χ2v) is 7.85. The Morgan fingerprint density at radius 3 is 2.21 bits per heavy atom. The first-order valence-electron chi connectivity index (χ1n) is 7.94. The summed E-state index contributed by atoms with van der Waals surface area (Å²) in [6.07, 6.45) is 10.4. The molecule has 0 N–H and O–H groups in total. The van der Waals surface area contributed by atoms with Crippen molar-refractivity contribution in [3.63, 3.8) is 0 Å². The molecule has 1 fully saturated rings. The third-order valence-electron chi connectivity index (χ3n) is 4.57. The van der Waals surface area contributed by atoms with Crippen molar-refractivity contribution in [1.82, 2.24) is 0 Å². The van der Waals surface area contributed by atoms with E-state index in [4.69, 9.17) is 0 Å². The van der Waals surface area contributed by atoms with Gasteiger partial charge in [-0.25, -0.2) is 0 Å². The molecule has 0 nitrogen and oxygen atoms in total. The average molecular weight is 323 g/mol. The maximum Gasteiger partial charge on any atom is 0.0258 e. The van der Waals surface area contributed by atoms with Gasteiger partial charge in [0.05, 0.1) is 0 Å². The maximum absolute atomic E-state index is 3.99. The summed E-state index contributed by atoms with van der Waals surface area (Å²) in [7, 11) is 0. The first-order chi connectivity index (χ1) is 9.17. The molecule has 0 heterocycles. The van der Waals surface area contributed by atoms with Gasteiger partial charge in [-0.1, -0.05) is 66.9 Å². The maximum atomic E-state index is 3.99. The summed E-state index contributed by atoms with van der Waals surface area (Å²) >= 11 is 3.99. The van der Waals surface area contributed by atoms with Crippen molar-refractivity contribution >= 4 is 15.9 Å². The molecule has 19 heavy (non-hydrogen) atoms. The van der Waals surface area contributed by atoms with Crippen molar-refractivity contribution < 1.29 is 0 Å². The third kappa shape index (κ3) is 4.08. The van der Waals surface area contributed by atoms with E-state index in [1.54, 1.807) is 5.56 Å². The molecule has 0 atom stereocenters. The molecule has 0 bridgehead atoms. The minimum Gasteiger partial charge on any atom is -0.0853 e. The zero-order valence-corrected chi connectivity index (χ0v) is 14.0. The molecule has 0 aromatic heterocycles. The van der Waals surface area contributed by atoms with Gasteiger partial charge in [-0.3, -0.25) is 0 Å². The normalized spacial score (nSPS) is 27.4. The molecule has 1 aliphatic rings. The lowest BCUT2D eigenvalue weighted by atomic mass is 9.77. The van der Waals surface area contributed by atoms with Crippen LogP contribution in [0.5, 0.6) is 0 Å². The lowest BCUT2D eigenvalue weighted by Crippen LogP contribution is -2.26. The number of alkyl halides is 1. The van der Waals surface area contributed by atoms with E-state index in [1.165, 1.54) is 56.9 Å². The zero-order valence-electron chi connectivity index (χ0n) is 12.4. The molecular weight excluding hydrogens is 296 g/mol. The van der Waals surface area contributed by atoms with Gasteiger partial charge in [0.15, 0.2) is 0 Å². The highest BCUT2D eigenvalue weighted by molar-refractivity contribution is 9.10. The van der Waals surface area contributed by atoms with Gasteiger partial charge in [-0.15, -0.1) is 0 Å². The van der Waals surface area contributed by atoms with Crippen LogP contribution in [-0.2, 0) is 6.42 Å². The van der Waals surface area contributed by atoms with Gasteiger partial charge in [0.2, 0.25) is 0 Å². The highest BCUT2D eigenvalue weighted by Crippen LogP contribution is 2.45. The predicted molar refractivity (Wildman–Crippen MR) is 88.2 cm³/mol. The average Bonchev–Trinajstić information content (AvgIpc) is 2.41. The minimum atomic E-state index is 0.445. The zero-order chi connectivity index (χ0) is 13.7. The second kappa shape index (κ2) is 6.92. The van der Waals surface area contributed by atoms with Gasteiger partial charge in [0.25, 0.3) is 0 Å². The van der Waals surface area contributed by atoms with Crippen molar-refractivity contribution in [2.75, 3.05) is 0 Å². The van der Waals surface area contributed by atoms with E-state index in [2.05, 4.69) is 54.0 Å². The Morgan fingerprint density at radius 1 is 1.05 bits per heavy atom. The Morgan fingerprint density at radius 2 is 1.68 bits per heavy atom. The quantitative estimate of drug-likeness (QED) is 0.563. The molecule has 0 unspecified atom stereocenters. The molecule has 106 valence electrons. The molecule has 0 amide bonds. The van der Waals surface area contributed by atoms with Gasteiger partial charge in [0, 0.05) is 4.32 Å². The molecule has 0 spiro atoms. The van der Waals surface area contributed by atoms with Crippen molar-refractivity contribution in [2.24, 2.45) is 0 Å². The number of aryl methyl sites for hydroxylation is 1. The second-order valence-electron chi connectivity index (χ2n) is 6.17. The fourth-order valence-electron chi connectivity index (χ4n) is 3.41. The van der Waals surface area contributed by atoms with Crippen molar-refractivity contribution in [3.8, 4) is 0 Å². The van der Waals surface area contributed by atoms with E-state index in [-0.39, 0.29) is 0 Å². The number of halogens is 1. The summed E-state index contributed by atoms with van der Waals surface area (Å²) < 4.78 is 0.445. The summed E-state index contributed by atoms with van der Waals surface area (Å²) in [4.78, 5) is 0. The summed E-state index contributed by atoms with van der Waals surface area (Å²) in [5.41, 5.74) is 3.05. The predicted octanol–water partition coefficient (Wildman–Crippen LogP) is 6.23. The number of hydrogen-bond donors (Lipinski definition) is 0. The van der Waals surface area contributed by atoms with E-state index in [9.17, 15) is 0 Å². The molecule has 1 aromatic rings. The van der Waals surface area contributed by atoms with Crippen LogP contribution < -0.4 is 0 Å². The molecule has 2 rings (SSSR count). The lowest BCUT2D eigenvalue weighted by molar-refractivity contribution is 0.349. The summed E-state index contributed by atoms with van der Waals surface area (Å²) in [6.45, 7) is 4.54. The van der Waals surface area contributed by atoms with Crippen LogP contribution in [0.2, 0.25) is 0 Å². The highest BCUT2D eigenvalue weighted by Gasteiger charge is 2.32. The SMILES string of the molecule is CCCc1ccc(C2CCC(Br)(CCC)CC2)cc1. The smallest absolute Gasteiger partial charge is 0.0258 e. The van der Waals surface area contributed by atoms with E-state index in [0.717, 1.165) is 5.92 Å². The Bertz CT molecular complexity index is 371. The molecule has 1 aromatic carbocycles. The van der Waals surface area contributed by atoms with E-state index < -0.39 is 0 Å². The van der Waals surface area contributed by atoms with Crippen LogP contribution in [0.4, 0.5) is 0 Å². The van der Waals surface area contributed by atoms with Crippen molar-refractivity contribution in [3.05, 3.63) is 35.4 Å². The van der Waals surface area contributed by atoms with Crippen LogP contribution in [0.25, 0.3) is 0 Å². The summed E-state index contributed by atoms with van der Waals surface area (Å²) in [5.74, 6) is 0.790. The lowest BCUT2D eigenvalue weighted by Gasteiger charge is -2.36. The topological polar surface area (TPSA) is 0 Å². The van der Waals surface area contributed by atoms with Crippen LogP contribution in [-0.4, -0.2) is 4.32 Å². The molecule has 0 radical (unpaired) electrons. The van der Waals surface area contributed by atoms with Crippen LogP contribution in [0, 0.1) is 0 Å². The van der Waals surface area contributed by atoms with Gasteiger partial charge in [0.1, 0.15) is 0 Å². The first-order valence-corrected chi connectivity index (χ1v) is 8.74. The standard InChI is InChI=1S/C18H27Br/c1-3-5-15-6-8-16(9-7-15)17-10-13-18(19,12-4-2)14-11-17/h6-9,17H,3-5,10-14H2,1-2H3. The van der Waals surface area contributed by atoms with E-state index in [1.807, 2.05) is 0 Å². The molecular formula is C18H27Br. The highest BCUT2D eigenvalue weighted by atomic mass is 79.9.